The Bertz CT molecular complexity index is 412. The van der Waals surface area contributed by atoms with Gasteiger partial charge in [0.15, 0.2) is 11.3 Å². The van der Waals surface area contributed by atoms with Crippen LogP contribution in [-0.2, 0) is 7.05 Å². The maximum atomic E-state index is 9.46. The Balaban J connectivity index is 3.28. The van der Waals surface area contributed by atoms with Gasteiger partial charge < -0.3 is 9.67 Å². The van der Waals surface area contributed by atoms with Crippen LogP contribution in [0.3, 0.4) is 0 Å². The summed E-state index contributed by atoms with van der Waals surface area (Å²) < 4.78 is 1.63. The lowest BCUT2D eigenvalue weighted by molar-refractivity contribution is 0.502. The number of nitriles is 2. The molecule has 4 nitrogen and oxygen atoms in total. The van der Waals surface area contributed by atoms with Gasteiger partial charge in [0.05, 0.1) is 5.69 Å². The zero-order valence-electron chi connectivity index (χ0n) is 7.02. The summed E-state index contributed by atoms with van der Waals surface area (Å²) in [4.78, 5) is 0. The number of aliphatic hydroxyl groups is 1. The van der Waals surface area contributed by atoms with Gasteiger partial charge in [0.2, 0.25) is 0 Å². The quantitative estimate of drug-likeness (QED) is 0.514. The van der Waals surface area contributed by atoms with Gasteiger partial charge in [0.25, 0.3) is 0 Å². The molecule has 1 aromatic heterocycles. The Kier molecular flexibility index (Phi) is 2.37. The average Bonchev–Trinajstić information content (AvgIpc) is 2.53. The molecule has 0 aliphatic rings. The molecule has 0 saturated heterocycles. The minimum Gasteiger partial charge on any atom is -0.504 e. The van der Waals surface area contributed by atoms with E-state index in [0.717, 1.165) is 0 Å². The van der Waals surface area contributed by atoms with Gasteiger partial charge in [-0.2, -0.15) is 10.5 Å². The summed E-state index contributed by atoms with van der Waals surface area (Å²) in [6.45, 7) is 0. The summed E-state index contributed by atoms with van der Waals surface area (Å²) in [5.74, 6) is -0.280. The Morgan fingerprint density at radius 1 is 1.46 bits per heavy atom. The molecule has 13 heavy (non-hydrogen) atoms. The second-order valence-corrected chi connectivity index (χ2v) is 2.45. The molecule has 4 heteroatoms. The van der Waals surface area contributed by atoms with Crippen molar-refractivity contribution in [2.45, 2.75) is 0 Å². The second-order valence-electron chi connectivity index (χ2n) is 2.45. The van der Waals surface area contributed by atoms with Crippen molar-refractivity contribution in [1.82, 2.24) is 4.57 Å². The Hall–Kier alpha value is -2.20. The highest BCUT2D eigenvalue weighted by Gasteiger charge is 2.09. The zero-order valence-corrected chi connectivity index (χ0v) is 7.02. The second kappa shape index (κ2) is 3.46. The molecule has 0 aromatic carbocycles. The van der Waals surface area contributed by atoms with Gasteiger partial charge in [-0.1, -0.05) is 0 Å². The standard InChI is InChI=1S/C9H7N3O/c1-12-4-2-3-8(12)9(13)7(5-10)6-11/h2-4,13H,1H3. The highest BCUT2D eigenvalue weighted by molar-refractivity contribution is 5.67. The van der Waals surface area contributed by atoms with Gasteiger partial charge in [-0.3, -0.25) is 0 Å². The number of nitrogens with zero attached hydrogens (tertiary/aromatic N) is 3. The molecule has 0 unspecified atom stereocenters. The van der Waals surface area contributed by atoms with Gasteiger partial charge in [-0.05, 0) is 12.1 Å². The number of rotatable bonds is 1. The first-order valence-electron chi connectivity index (χ1n) is 3.56. The van der Waals surface area contributed by atoms with Gasteiger partial charge in [0, 0.05) is 13.2 Å². The van der Waals surface area contributed by atoms with E-state index in [0.29, 0.717) is 5.69 Å². The molecule has 0 aliphatic carbocycles. The molecule has 1 rings (SSSR count). The molecule has 0 aliphatic heterocycles. The van der Waals surface area contributed by atoms with Crippen molar-refractivity contribution < 1.29 is 5.11 Å². The van der Waals surface area contributed by atoms with Crippen LogP contribution in [0.2, 0.25) is 0 Å². The summed E-state index contributed by atoms with van der Waals surface area (Å²) in [5.41, 5.74) is 0.180. The average molecular weight is 173 g/mol. The molecule has 1 N–H and O–H groups in total. The molecule has 1 heterocycles. The van der Waals surface area contributed by atoms with Crippen molar-refractivity contribution in [3.05, 3.63) is 29.6 Å². The molecule has 0 radical (unpaired) electrons. The van der Waals surface area contributed by atoms with Gasteiger partial charge >= 0.3 is 0 Å². The van der Waals surface area contributed by atoms with Crippen molar-refractivity contribution in [3.63, 3.8) is 0 Å². The monoisotopic (exact) mass is 173 g/mol. The number of hydrogen-bond donors (Lipinski definition) is 1. The number of aromatic nitrogens is 1. The minimum absolute atomic E-state index is 0.276. The molecule has 0 atom stereocenters. The van der Waals surface area contributed by atoms with Crippen LogP contribution in [0.15, 0.2) is 23.9 Å². The first kappa shape index (κ1) is 8.89. The lowest BCUT2D eigenvalue weighted by Crippen LogP contribution is -1.95. The van der Waals surface area contributed by atoms with Crippen LogP contribution in [0.25, 0.3) is 5.76 Å². The number of allylic oxidation sites excluding steroid dienone is 1. The van der Waals surface area contributed by atoms with E-state index in [-0.39, 0.29) is 11.3 Å². The van der Waals surface area contributed by atoms with Crippen molar-refractivity contribution in [3.8, 4) is 12.1 Å². The van der Waals surface area contributed by atoms with Gasteiger partial charge in [-0.15, -0.1) is 0 Å². The van der Waals surface area contributed by atoms with Crippen molar-refractivity contribution in [2.75, 3.05) is 0 Å². The zero-order chi connectivity index (χ0) is 9.84. The largest absolute Gasteiger partial charge is 0.504 e. The first-order valence-corrected chi connectivity index (χ1v) is 3.56. The number of hydrogen-bond acceptors (Lipinski definition) is 3. The summed E-state index contributed by atoms with van der Waals surface area (Å²) in [6.07, 6.45) is 1.72. The lowest BCUT2D eigenvalue weighted by Gasteiger charge is -2.00. The third-order valence-electron chi connectivity index (χ3n) is 1.65. The van der Waals surface area contributed by atoms with E-state index in [2.05, 4.69) is 0 Å². The van der Waals surface area contributed by atoms with E-state index in [9.17, 15) is 5.11 Å². The Morgan fingerprint density at radius 2 is 2.08 bits per heavy atom. The molecular weight excluding hydrogens is 166 g/mol. The molecule has 0 amide bonds. The van der Waals surface area contributed by atoms with E-state index < -0.39 is 0 Å². The van der Waals surface area contributed by atoms with Crippen LogP contribution < -0.4 is 0 Å². The summed E-state index contributed by atoms with van der Waals surface area (Å²) >= 11 is 0. The normalized spacial score (nSPS) is 8.54. The predicted molar refractivity (Wildman–Crippen MR) is 46.2 cm³/mol. The minimum atomic E-state index is -0.280. The van der Waals surface area contributed by atoms with Crippen LogP contribution in [0.1, 0.15) is 5.69 Å². The number of aryl methyl sites for hydroxylation is 1. The van der Waals surface area contributed by atoms with Gasteiger partial charge in [-0.25, -0.2) is 0 Å². The molecule has 64 valence electrons. The van der Waals surface area contributed by atoms with E-state index in [1.54, 1.807) is 42.1 Å². The molecule has 0 bridgehead atoms. The third kappa shape index (κ3) is 1.52. The van der Waals surface area contributed by atoms with Crippen LogP contribution in [0, 0.1) is 22.7 Å². The highest BCUT2D eigenvalue weighted by atomic mass is 16.3. The SMILES string of the molecule is Cn1cccc1C(O)=C(C#N)C#N. The highest BCUT2D eigenvalue weighted by Crippen LogP contribution is 2.14. The van der Waals surface area contributed by atoms with E-state index in [1.807, 2.05) is 0 Å². The molecule has 0 saturated carbocycles. The van der Waals surface area contributed by atoms with Crippen molar-refractivity contribution in [2.24, 2.45) is 7.05 Å². The maximum absolute atomic E-state index is 9.46. The smallest absolute Gasteiger partial charge is 0.173 e. The van der Waals surface area contributed by atoms with Crippen LogP contribution in [-0.4, -0.2) is 9.67 Å². The van der Waals surface area contributed by atoms with Crippen LogP contribution in [0.4, 0.5) is 0 Å². The van der Waals surface area contributed by atoms with Crippen LogP contribution in [0.5, 0.6) is 0 Å². The fourth-order valence-corrected chi connectivity index (χ4v) is 0.966. The van der Waals surface area contributed by atoms with Crippen LogP contribution >= 0.6 is 0 Å². The summed E-state index contributed by atoms with van der Waals surface area (Å²) in [7, 11) is 1.72. The Labute approximate surface area is 75.6 Å². The van der Waals surface area contributed by atoms with E-state index in [4.69, 9.17) is 10.5 Å². The van der Waals surface area contributed by atoms with E-state index in [1.165, 1.54) is 0 Å². The fourth-order valence-electron chi connectivity index (χ4n) is 0.966. The lowest BCUT2D eigenvalue weighted by atomic mass is 10.2. The summed E-state index contributed by atoms with van der Waals surface area (Å²) in [5, 5.41) is 26.4. The fraction of sp³-hybridized carbons (Fsp3) is 0.111. The topological polar surface area (TPSA) is 72.7 Å². The van der Waals surface area contributed by atoms with Gasteiger partial charge in [0.1, 0.15) is 12.1 Å². The molecular formula is C9H7N3O. The Morgan fingerprint density at radius 3 is 2.46 bits per heavy atom. The molecule has 0 fully saturated rings. The molecule has 1 aromatic rings. The summed E-state index contributed by atoms with van der Waals surface area (Å²) in [6, 6.07) is 6.59. The predicted octanol–water partition coefficient (Wildman–Crippen LogP) is 1.34. The first-order chi connectivity index (χ1) is 6.20. The third-order valence-corrected chi connectivity index (χ3v) is 1.65. The molecule has 0 spiro atoms. The van der Waals surface area contributed by atoms with Crippen molar-refractivity contribution in [1.29, 1.82) is 10.5 Å². The number of aliphatic hydroxyl groups excluding tert-OH is 1. The maximum Gasteiger partial charge on any atom is 0.173 e. The van der Waals surface area contributed by atoms with Crippen molar-refractivity contribution >= 4 is 5.76 Å². The van der Waals surface area contributed by atoms with E-state index >= 15 is 0 Å².